The van der Waals surface area contributed by atoms with Gasteiger partial charge in [-0.25, -0.2) is 9.18 Å². The molecule has 0 aliphatic rings. The standard InChI is InChI=1S/C10H7FN2O2/c11-7-2-1-3-8(4-7)15-9-5-12-10(14)13-6-9/h1-6H,(H,12,13,14). The van der Waals surface area contributed by atoms with E-state index in [4.69, 9.17) is 4.74 Å². The van der Waals surface area contributed by atoms with Crippen LogP contribution in [0.15, 0.2) is 41.5 Å². The monoisotopic (exact) mass is 206 g/mol. The highest BCUT2D eigenvalue weighted by molar-refractivity contribution is 5.27. The molecule has 1 N–H and O–H groups in total. The third-order valence-electron chi connectivity index (χ3n) is 1.68. The van der Waals surface area contributed by atoms with Crippen LogP contribution in [0.3, 0.4) is 0 Å². The highest BCUT2D eigenvalue weighted by atomic mass is 19.1. The highest BCUT2D eigenvalue weighted by Crippen LogP contribution is 2.19. The van der Waals surface area contributed by atoms with Gasteiger partial charge in [0, 0.05) is 6.07 Å². The van der Waals surface area contributed by atoms with Crippen LogP contribution in [-0.4, -0.2) is 9.97 Å². The van der Waals surface area contributed by atoms with Crippen molar-refractivity contribution in [2.24, 2.45) is 0 Å². The minimum atomic E-state index is -0.457. The van der Waals surface area contributed by atoms with Gasteiger partial charge in [-0.05, 0) is 12.1 Å². The van der Waals surface area contributed by atoms with E-state index in [-0.39, 0.29) is 5.82 Å². The zero-order valence-electron chi connectivity index (χ0n) is 7.61. The van der Waals surface area contributed by atoms with Crippen molar-refractivity contribution < 1.29 is 9.13 Å². The molecule has 15 heavy (non-hydrogen) atoms. The topological polar surface area (TPSA) is 55.0 Å². The van der Waals surface area contributed by atoms with E-state index in [0.717, 1.165) is 0 Å². The van der Waals surface area contributed by atoms with Crippen molar-refractivity contribution in [3.05, 3.63) is 53.0 Å². The summed E-state index contributed by atoms with van der Waals surface area (Å²) in [6, 6.07) is 5.70. The zero-order valence-corrected chi connectivity index (χ0v) is 7.61. The summed E-state index contributed by atoms with van der Waals surface area (Å²) in [4.78, 5) is 16.5. The molecule has 0 radical (unpaired) electrons. The molecule has 0 bridgehead atoms. The molecular formula is C10H7FN2O2. The minimum absolute atomic E-state index is 0.347. The second kappa shape index (κ2) is 3.91. The summed E-state index contributed by atoms with van der Waals surface area (Å²) < 4.78 is 18.0. The van der Waals surface area contributed by atoms with Gasteiger partial charge < -0.3 is 9.72 Å². The summed E-state index contributed by atoms with van der Waals surface area (Å²) >= 11 is 0. The van der Waals surface area contributed by atoms with Crippen LogP contribution in [0.2, 0.25) is 0 Å². The SMILES string of the molecule is O=c1ncc(Oc2cccc(F)c2)c[nH]1. The number of H-pyrrole nitrogens is 1. The van der Waals surface area contributed by atoms with E-state index in [1.165, 1.54) is 30.6 Å². The number of hydrogen-bond acceptors (Lipinski definition) is 3. The Morgan fingerprint density at radius 1 is 1.33 bits per heavy atom. The molecular weight excluding hydrogens is 199 g/mol. The van der Waals surface area contributed by atoms with E-state index in [1.54, 1.807) is 6.07 Å². The quantitative estimate of drug-likeness (QED) is 0.813. The highest BCUT2D eigenvalue weighted by Gasteiger charge is 1.98. The normalized spacial score (nSPS) is 9.93. The van der Waals surface area contributed by atoms with Crippen molar-refractivity contribution in [2.75, 3.05) is 0 Å². The Kier molecular flexibility index (Phi) is 2.45. The number of halogens is 1. The first kappa shape index (κ1) is 9.39. The van der Waals surface area contributed by atoms with Gasteiger partial charge in [-0.2, -0.15) is 4.98 Å². The van der Waals surface area contributed by atoms with Crippen LogP contribution < -0.4 is 10.4 Å². The summed E-state index contributed by atoms with van der Waals surface area (Å²) in [6.07, 6.45) is 2.63. The molecule has 1 aromatic carbocycles. The fourth-order valence-corrected chi connectivity index (χ4v) is 1.05. The lowest BCUT2D eigenvalue weighted by molar-refractivity contribution is 0.471. The predicted octanol–water partition coefficient (Wildman–Crippen LogP) is 1.70. The molecule has 5 heteroatoms. The smallest absolute Gasteiger partial charge is 0.345 e. The number of benzene rings is 1. The predicted molar refractivity (Wildman–Crippen MR) is 51.3 cm³/mol. The minimum Gasteiger partial charge on any atom is -0.454 e. The maximum absolute atomic E-state index is 12.8. The molecule has 0 spiro atoms. The Bertz CT molecular complexity index is 504. The first-order valence-electron chi connectivity index (χ1n) is 4.22. The second-order valence-electron chi connectivity index (χ2n) is 2.81. The lowest BCUT2D eigenvalue weighted by atomic mass is 10.3. The molecule has 0 saturated heterocycles. The Hall–Kier alpha value is -2.17. The van der Waals surface area contributed by atoms with Gasteiger partial charge in [0.2, 0.25) is 0 Å². The van der Waals surface area contributed by atoms with Gasteiger partial charge in [-0.1, -0.05) is 6.07 Å². The largest absolute Gasteiger partial charge is 0.454 e. The summed E-state index contributed by atoms with van der Waals surface area (Å²) in [7, 11) is 0. The molecule has 4 nitrogen and oxygen atoms in total. The summed E-state index contributed by atoms with van der Waals surface area (Å²) in [5.74, 6) is 0.314. The second-order valence-corrected chi connectivity index (χ2v) is 2.81. The van der Waals surface area contributed by atoms with Crippen molar-refractivity contribution in [3.8, 4) is 11.5 Å². The van der Waals surface area contributed by atoms with Crippen molar-refractivity contribution in [2.45, 2.75) is 0 Å². The van der Waals surface area contributed by atoms with Gasteiger partial charge >= 0.3 is 5.69 Å². The van der Waals surface area contributed by atoms with Crippen LogP contribution in [0.4, 0.5) is 4.39 Å². The first-order chi connectivity index (χ1) is 7.24. The Morgan fingerprint density at radius 2 is 2.20 bits per heavy atom. The van der Waals surface area contributed by atoms with Crippen molar-refractivity contribution in [3.63, 3.8) is 0 Å². The number of aromatic amines is 1. The lowest BCUT2D eigenvalue weighted by Crippen LogP contribution is -2.07. The Balaban J connectivity index is 2.22. The average molecular weight is 206 g/mol. The number of aromatic nitrogens is 2. The molecule has 1 heterocycles. The van der Waals surface area contributed by atoms with Gasteiger partial charge in [-0.15, -0.1) is 0 Å². The van der Waals surface area contributed by atoms with E-state index in [0.29, 0.717) is 11.5 Å². The van der Waals surface area contributed by atoms with E-state index < -0.39 is 5.69 Å². The molecule has 0 saturated carbocycles. The third-order valence-corrected chi connectivity index (χ3v) is 1.68. The number of hydrogen-bond donors (Lipinski definition) is 1. The van der Waals surface area contributed by atoms with Gasteiger partial charge in [-0.3, -0.25) is 0 Å². The van der Waals surface area contributed by atoms with Crippen LogP contribution in [0.1, 0.15) is 0 Å². The fourth-order valence-electron chi connectivity index (χ4n) is 1.05. The van der Waals surface area contributed by atoms with Crippen molar-refractivity contribution >= 4 is 0 Å². The van der Waals surface area contributed by atoms with E-state index in [2.05, 4.69) is 9.97 Å². The molecule has 0 aliphatic carbocycles. The molecule has 2 rings (SSSR count). The number of nitrogens with zero attached hydrogens (tertiary/aromatic N) is 1. The van der Waals surface area contributed by atoms with Crippen molar-refractivity contribution in [1.82, 2.24) is 9.97 Å². The molecule has 0 fully saturated rings. The fraction of sp³-hybridized carbons (Fsp3) is 0. The average Bonchev–Trinajstić information content (AvgIpc) is 2.22. The Morgan fingerprint density at radius 3 is 2.87 bits per heavy atom. The molecule has 2 aromatic rings. The molecule has 1 aromatic heterocycles. The Labute approximate surface area is 84.4 Å². The van der Waals surface area contributed by atoms with Gasteiger partial charge in [0.25, 0.3) is 0 Å². The van der Waals surface area contributed by atoms with Gasteiger partial charge in [0.05, 0.1) is 12.4 Å². The van der Waals surface area contributed by atoms with Crippen LogP contribution in [-0.2, 0) is 0 Å². The maximum Gasteiger partial charge on any atom is 0.345 e. The summed E-state index contributed by atoms with van der Waals surface area (Å²) in [5, 5.41) is 0. The molecule has 76 valence electrons. The van der Waals surface area contributed by atoms with Crippen LogP contribution in [0, 0.1) is 5.82 Å². The number of ether oxygens (including phenoxy) is 1. The van der Waals surface area contributed by atoms with Gasteiger partial charge in [0.1, 0.15) is 11.6 Å². The molecule has 0 aliphatic heterocycles. The first-order valence-corrected chi connectivity index (χ1v) is 4.22. The number of rotatable bonds is 2. The molecule has 0 unspecified atom stereocenters. The zero-order chi connectivity index (χ0) is 10.7. The van der Waals surface area contributed by atoms with Crippen molar-refractivity contribution in [1.29, 1.82) is 0 Å². The third kappa shape index (κ3) is 2.40. The van der Waals surface area contributed by atoms with Gasteiger partial charge in [0.15, 0.2) is 5.75 Å². The molecule has 0 amide bonds. The number of nitrogens with one attached hydrogen (secondary N) is 1. The summed E-state index contributed by atoms with van der Waals surface area (Å²) in [6.45, 7) is 0. The van der Waals surface area contributed by atoms with E-state index >= 15 is 0 Å². The van der Waals surface area contributed by atoms with Crippen LogP contribution in [0.25, 0.3) is 0 Å². The van der Waals surface area contributed by atoms with E-state index in [1.807, 2.05) is 0 Å². The molecule has 0 atom stereocenters. The lowest BCUT2D eigenvalue weighted by Gasteiger charge is -2.03. The van der Waals surface area contributed by atoms with Crippen LogP contribution in [0.5, 0.6) is 11.5 Å². The maximum atomic E-state index is 12.8. The van der Waals surface area contributed by atoms with Crippen LogP contribution >= 0.6 is 0 Å². The summed E-state index contributed by atoms with van der Waals surface area (Å²) in [5.41, 5.74) is -0.457. The van der Waals surface area contributed by atoms with E-state index in [9.17, 15) is 9.18 Å².